The van der Waals surface area contributed by atoms with Crippen LogP contribution in [0.15, 0.2) is 0 Å². The lowest BCUT2D eigenvalue weighted by Gasteiger charge is -2.64. The van der Waals surface area contributed by atoms with Crippen molar-refractivity contribution < 1.29 is 48.7 Å². The predicted octanol–water partition coefficient (Wildman–Crippen LogP) is 7.00. The number of esters is 2. The minimum atomic E-state index is -1.12. The molecule has 1 amide bonds. The maximum atomic E-state index is 14.0. The van der Waals surface area contributed by atoms with Crippen molar-refractivity contribution in [3.63, 3.8) is 0 Å². The highest BCUT2D eigenvalue weighted by Gasteiger charge is 2.85. The molecule has 5 saturated carbocycles. The summed E-state index contributed by atoms with van der Waals surface area (Å²) in [7, 11) is 0. The summed E-state index contributed by atoms with van der Waals surface area (Å²) in [6, 6.07) is -1.12. The maximum Gasteiger partial charge on any atom is 0.408 e. The SMILES string of the molecule is CC(C)(C)OC(=O)CC[C@H](NC(=O)OC(C)(C)C)C(=O)O[C@H]1CCC23CC24CC[C@]2(C)[C@@H]([C@@]5(C)CC[C@@H](C(C)(C)O)O5)[C@@H](O)C[C@@]2(C)C4C[C@H](O)[C@H]3C1(C)C. The molecule has 314 valence electrons. The minimum absolute atomic E-state index is 0.00633. The Balaban J connectivity index is 1.20. The highest BCUT2D eigenvalue weighted by atomic mass is 16.6. The minimum Gasteiger partial charge on any atom is -0.460 e. The van der Waals surface area contributed by atoms with Gasteiger partial charge >= 0.3 is 18.0 Å². The first-order valence-corrected chi connectivity index (χ1v) is 21.1. The fourth-order valence-electron chi connectivity index (χ4n) is 13.9. The van der Waals surface area contributed by atoms with Crippen molar-refractivity contribution in [1.29, 1.82) is 0 Å². The van der Waals surface area contributed by atoms with E-state index in [0.717, 1.165) is 38.5 Å². The molecule has 6 aliphatic rings. The van der Waals surface area contributed by atoms with Gasteiger partial charge in [-0.15, -0.1) is 0 Å². The van der Waals surface area contributed by atoms with Crippen LogP contribution in [-0.4, -0.2) is 86.2 Å². The van der Waals surface area contributed by atoms with Crippen LogP contribution in [0, 0.1) is 44.8 Å². The number of carbonyl (C=O) groups excluding carboxylic acids is 3. The quantitative estimate of drug-likeness (QED) is 0.149. The van der Waals surface area contributed by atoms with Gasteiger partial charge in [0.05, 0.1) is 29.5 Å². The van der Waals surface area contributed by atoms with Gasteiger partial charge in [0.15, 0.2) is 0 Å². The van der Waals surface area contributed by atoms with Crippen LogP contribution in [0.1, 0.15) is 161 Å². The summed E-state index contributed by atoms with van der Waals surface area (Å²) in [5, 5.41) is 37.9. The molecule has 4 N–H and O–H groups in total. The number of nitrogens with one attached hydrogen (secondary N) is 1. The van der Waals surface area contributed by atoms with Crippen LogP contribution in [-0.2, 0) is 28.5 Å². The third-order valence-electron chi connectivity index (χ3n) is 16.0. The molecule has 0 aromatic heterocycles. The Hall–Kier alpha value is -1.95. The molecule has 6 rings (SSSR count). The number of hydrogen-bond acceptors (Lipinski definition) is 10. The molecule has 5 aliphatic carbocycles. The Bertz CT molecular complexity index is 1520. The van der Waals surface area contributed by atoms with E-state index in [0.29, 0.717) is 19.3 Å². The molecule has 6 fully saturated rings. The number of aliphatic hydroxyl groups is 3. The Kier molecular flexibility index (Phi) is 10.3. The van der Waals surface area contributed by atoms with Crippen LogP contribution in [0.4, 0.5) is 4.79 Å². The highest BCUT2D eigenvalue weighted by Crippen LogP contribution is 2.89. The first-order chi connectivity index (χ1) is 24.9. The summed E-state index contributed by atoms with van der Waals surface area (Å²) in [4.78, 5) is 39.5. The van der Waals surface area contributed by atoms with E-state index in [4.69, 9.17) is 18.9 Å². The summed E-state index contributed by atoms with van der Waals surface area (Å²) >= 11 is 0. The van der Waals surface area contributed by atoms with Crippen LogP contribution < -0.4 is 5.32 Å². The van der Waals surface area contributed by atoms with Crippen molar-refractivity contribution in [2.75, 3.05) is 0 Å². The molecule has 13 atom stereocenters. The van der Waals surface area contributed by atoms with Gasteiger partial charge in [0.2, 0.25) is 0 Å². The molecule has 2 spiro atoms. The number of aliphatic hydroxyl groups excluding tert-OH is 2. The Morgan fingerprint density at radius 2 is 1.44 bits per heavy atom. The Morgan fingerprint density at radius 1 is 0.800 bits per heavy atom. The second kappa shape index (κ2) is 13.3. The smallest absolute Gasteiger partial charge is 0.408 e. The van der Waals surface area contributed by atoms with Gasteiger partial charge in [0.25, 0.3) is 0 Å². The molecular formula is C44H73NO10. The molecule has 1 aliphatic heterocycles. The van der Waals surface area contributed by atoms with E-state index in [-0.39, 0.29) is 58.4 Å². The third-order valence-corrected chi connectivity index (χ3v) is 16.0. The molecule has 0 bridgehead atoms. The van der Waals surface area contributed by atoms with E-state index in [9.17, 15) is 29.7 Å². The molecule has 1 saturated heterocycles. The van der Waals surface area contributed by atoms with E-state index in [1.807, 2.05) is 0 Å². The number of rotatable bonds is 8. The lowest BCUT2D eigenvalue weighted by atomic mass is 9.41. The van der Waals surface area contributed by atoms with Crippen LogP contribution >= 0.6 is 0 Å². The second-order valence-electron chi connectivity index (χ2n) is 22.6. The van der Waals surface area contributed by atoms with Gasteiger partial charge in [-0.25, -0.2) is 9.59 Å². The predicted molar refractivity (Wildman–Crippen MR) is 207 cm³/mol. The Labute approximate surface area is 329 Å². The molecule has 11 heteroatoms. The van der Waals surface area contributed by atoms with Crippen molar-refractivity contribution >= 4 is 18.0 Å². The van der Waals surface area contributed by atoms with Crippen LogP contribution in [0.3, 0.4) is 0 Å². The van der Waals surface area contributed by atoms with E-state index in [1.165, 1.54) is 0 Å². The van der Waals surface area contributed by atoms with Gasteiger partial charge in [-0.2, -0.15) is 0 Å². The molecule has 0 aromatic carbocycles. The molecule has 11 nitrogen and oxygen atoms in total. The topological polar surface area (TPSA) is 161 Å². The van der Waals surface area contributed by atoms with E-state index < -0.39 is 70.2 Å². The third kappa shape index (κ3) is 7.04. The summed E-state index contributed by atoms with van der Waals surface area (Å²) in [6.45, 7) is 25.3. The number of fused-ring (bicyclic) bond motifs is 2. The zero-order chi connectivity index (χ0) is 41.2. The zero-order valence-corrected chi connectivity index (χ0v) is 36.1. The van der Waals surface area contributed by atoms with Crippen LogP contribution in [0.2, 0.25) is 0 Å². The van der Waals surface area contributed by atoms with Gasteiger partial charge in [-0.05, 0) is 160 Å². The molecule has 0 aromatic rings. The summed E-state index contributed by atoms with van der Waals surface area (Å²) < 4.78 is 24.0. The summed E-state index contributed by atoms with van der Waals surface area (Å²) in [5.41, 5.74) is -4.04. The van der Waals surface area contributed by atoms with Crippen LogP contribution in [0.25, 0.3) is 0 Å². The number of ether oxygens (including phenoxy) is 4. The van der Waals surface area contributed by atoms with E-state index in [1.54, 1.807) is 55.4 Å². The highest BCUT2D eigenvalue weighted by molar-refractivity contribution is 5.82. The average Bonchev–Trinajstić information content (AvgIpc) is 3.35. The largest absolute Gasteiger partial charge is 0.460 e. The first-order valence-electron chi connectivity index (χ1n) is 21.1. The molecular weight excluding hydrogens is 702 g/mol. The number of amides is 1. The zero-order valence-electron chi connectivity index (χ0n) is 36.1. The molecule has 0 radical (unpaired) electrons. The molecule has 55 heavy (non-hydrogen) atoms. The van der Waals surface area contributed by atoms with Crippen LogP contribution in [0.5, 0.6) is 0 Å². The van der Waals surface area contributed by atoms with Gasteiger partial charge < -0.3 is 39.6 Å². The standard InChI is InChI=1S/C44H73NO10/c1-36(2,3)54-31(48)15-14-25(45-35(50)55-37(4,5)6)34(49)52-29-17-19-44-24-43(44)21-20-40(11)33(42(13)18-16-30(53-42)39(9,10)51)27(47)23-41(40,12)28(43)22-26(46)32(44)38(29,7)8/h25-30,32-33,46-47,51H,14-24H2,1-13H3,(H,45,50)/t25-,26-,27-,28?,29-,30-,32-,33-,40+,41-,42+,43?,44?/m0/s1. The normalized spacial score (nSPS) is 43.9. The van der Waals surface area contributed by atoms with Crippen molar-refractivity contribution in [2.45, 2.75) is 213 Å². The summed E-state index contributed by atoms with van der Waals surface area (Å²) in [5.74, 6) is -1.05. The lowest BCUT2D eigenvalue weighted by molar-refractivity contribution is -0.218. The molecule has 3 unspecified atom stereocenters. The van der Waals surface area contributed by atoms with E-state index >= 15 is 0 Å². The van der Waals surface area contributed by atoms with Gasteiger partial charge in [0, 0.05) is 17.8 Å². The number of hydrogen-bond donors (Lipinski definition) is 4. The first kappa shape index (κ1) is 42.7. The number of carbonyl (C=O) groups is 3. The average molecular weight is 776 g/mol. The summed E-state index contributed by atoms with van der Waals surface area (Å²) in [6.07, 6.45) is 4.51. The fourth-order valence-corrected chi connectivity index (χ4v) is 13.9. The van der Waals surface area contributed by atoms with Gasteiger partial charge in [0.1, 0.15) is 23.3 Å². The van der Waals surface area contributed by atoms with Crippen molar-refractivity contribution in [2.24, 2.45) is 44.8 Å². The maximum absolute atomic E-state index is 14.0. The van der Waals surface area contributed by atoms with E-state index in [2.05, 4.69) is 39.9 Å². The second-order valence-corrected chi connectivity index (χ2v) is 22.6. The molecule has 1 heterocycles. The monoisotopic (exact) mass is 776 g/mol. The fraction of sp³-hybridized carbons (Fsp3) is 0.932. The van der Waals surface area contributed by atoms with Gasteiger partial charge in [-0.1, -0.05) is 27.7 Å². The lowest BCUT2D eigenvalue weighted by Crippen LogP contribution is -2.62. The van der Waals surface area contributed by atoms with Crippen molar-refractivity contribution in [1.82, 2.24) is 5.32 Å². The van der Waals surface area contributed by atoms with Crippen molar-refractivity contribution in [3.05, 3.63) is 0 Å². The van der Waals surface area contributed by atoms with Gasteiger partial charge in [-0.3, -0.25) is 4.79 Å². The number of alkyl carbamates (subject to hydrolysis) is 1. The Morgan fingerprint density at radius 3 is 2.02 bits per heavy atom. The van der Waals surface area contributed by atoms with Crippen molar-refractivity contribution in [3.8, 4) is 0 Å².